The van der Waals surface area contributed by atoms with Crippen LogP contribution in [0.15, 0.2) is 12.7 Å². The third kappa shape index (κ3) is 8.31. The van der Waals surface area contributed by atoms with Crippen molar-refractivity contribution in [1.82, 2.24) is 4.90 Å². The zero-order valence-electron chi connectivity index (χ0n) is 10.4. The average molecular weight is 197 g/mol. The lowest BCUT2D eigenvalue weighted by Crippen LogP contribution is -2.32. The topological polar surface area (TPSA) is 3.24 Å². The number of hydrogen-bond acceptors (Lipinski definition) is 1. The fraction of sp³-hybridized carbons (Fsp3) is 0.846. The normalized spacial score (nSPS) is 11.6. The van der Waals surface area contributed by atoms with Gasteiger partial charge in [0.2, 0.25) is 0 Å². The maximum atomic E-state index is 3.76. The molecule has 0 aromatic carbocycles. The van der Waals surface area contributed by atoms with Crippen molar-refractivity contribution in [3.63, 3.8) is 0 Å². The Labute approximate surface area is 90.2 Å². The molecule has 0 N–H and O–H groups in total. The first-order valence-corrected chi connectivity index (χ1v) is 5.89. The first kappa shape index (κ1) is 13.7. The highest BCUT2D eigenvalue weighted by molar-refractivity contribution is 4.69. The van der Waals surface area contributed by atoms with Crippen LogP contribution in [0.1, 0.15) is 40.5 Å². The number of unbranched alkanes of at least 4 members (excludes halogenated alkanes) is 1. The van der Waals surface area contributed by atoms with Crippen molar-refractivity contribution in [2.24, 2.45) is 11.8 Å². The highest BCUT2D eigenvalue weighted by Gasteiger charge is 2.08. The summed E-state index contributed by atoms with van der Waals surface area (Å²) < 4.78 is 0. The molecule has 0 amide bonds. The smallest absolute Gasteiger partial charge is 0.000450 e. The minimum Gasteiger partial charge on any atom is -0.303 e. The van der Waals surface area contributed by atoms with E-state index in [0.29, 0.717) is 0 Å². The zero-order valence-corrected chi connectivity index (χ0v) is 10.4. The summed E-state index contributed by atoms with van der Waals surface area (Å²) in [5.74, 6) is 1.55. The summed E-state index contributed by atoms with van der Waals surface area (Å²) >= 11 is 0. The third-order valence-electron chi connectivity index (χ3n) is 2.13. The van der Waals surface area contributed by atoms with Gasteiger partial charge in [0.15, 0.2) is 0 Å². The van der Waals surface area contributed by atoms with Gasteiger partial charge >= 0.3 is 0 Å². The van der Waals surface area contributed by atoms with Gasteiger partial charge in [0.1, 0.15) is 0 Å². The lowest BCUT2D eigenvalue weighted by Gasteiger charge is -2.25. The van der Waals surface area contributed by atoms with Crippen molar-refractivity contribution in [3.8, 4) is 0 Å². The largest absolute Gasteiger partial charge is 0.303 e. The monoisotopic (exact) mass is 197 g/mol. The van der Waals surface area contributed by atoms with Crippen molar-refractivity contribution in [3.05, 3.63) is 12.7 Å². The fourth-order valence-corrected chi connectivity index (χ4v) is 1.75. The van der Waals surface area contributed by atoms with Gasteiger partial charge in [0, 0.05) is 13.1 Å². The lowest BCUT2D eigenvalue weighted by molar-refractivity contribution is 0.217. The van der Waals surface area contributed by atoms with Gasteiger partial charge in [-0.15, -0.1) is 6.58 Å². The van der Waals surface area contributed by atoms with Crippen molar-refractivity contribution in [2.75, 3.05) is 19.6 Å². The molecule has 0 heterocycles. The summed E-state index contributed by atoms with van der Waals surface area (Å²) in [4.78, 5) is 2.58. The Bertz CT molecular complexity index is 128. The Morgan fingerprint density at radius 1 is 1.07 bits per heavy atom. The molecule has 0 aromatic heterocycles. The molecule has 1 heteroatoms. The second-order valence-electron chi connectivity index (χ2n) is 4.98. The molecule has 0 aliphatic heterocycles. The van der Waals surface area contributed by atoms with Crippen LogP contribution in [-0.4, -0.2) is 24.5 Å². The van der Waals surface area contributed by atoms with Crippen LogP contribution >= 0.6 is 0 Å². The van der Waals surface area contributed by atoms with E-state index in [0.717, 1.165) is 18.3 Å². The Balaban J connectivity index is 3.77. The van der Waals surface area contributed by atoms with E-state index in [1.54, 1.807) is 0 Å². The lowest BCUT2D eigenvalue weighted by atomic mass is 10.1. The van der Waals surface area contributed by atoms with Crippen LogP contribution in [-0.2, 0) is 0 Å². The SMILES string of the molecule is C=CCCCN(CC(C)C)CC(C)C. The van der Waals surface area contributed by atoms with Crippen LogP contribution in [0.25, 0.3) is 0 Å². The molecule has 84 valence electrons. The Hall–Kier alpha value is -0.300. The van der Waals surface area contributed by atoms with Crippen molar-refractivity contribution >= 4 is 0 Å². The van der Waals surface area contributed by atoms with Gasteiger partial charge in [0.05, 0.1) is 0 Å². The first-order valence-electron chi connectivity index (χ1n) is 5.89. The summed E-state index contributed by atoms with van der Waals surface area (Å²) in [6.07, 6.45) is 4.42. The van der Waals surface area contributed by atoms with Crippen LogP contribution in [0.5, 0.6) is 0 Å². The molecule has 0 unspecified atom stereocenters. The maximum Gasteiger partial charge on any atom is 0.000450 e. The number of nitrogens with zero attached hydrogens (tertiary/aromatic N) is 1. The summed E-state index contributed by atoms with van der Waals surface area (Å²) in [7, 11) is 0. The fourth-order valence-electron chi connectivity index (χ4n) is 1.75. The molecule has 0 saturated carbocycles. The van der Waals surface area contributed by atoms with Crippen LogP contribution in [0, 0.1) is 11.8 Å². The Morgan fingerprint density at radius 2 is 1.57 bits per heavy atom. The van der Waals surface area contributed by atoms with Gasteiger partial charge in [-0.3, -0.25) is 0 Å². The molecule has 0 aliphatic rings. The van der Waals surface area contributed by atoms with E-state index >= 15 is 0 Å². The molecule has 1 nitrogen and oxygen atoms in total. The third-order valence-corrected chi connectivity index (χ3v) is 2.13. The molecule has 0 aromatic rings. The van der Waals surface area contributed by atoms with Gasteiger partial charge in [-0.1, -0.05) is 33.8 Å². The molecule has 0 saturated heterocycles. The number of allylic oxidation sites excluding steroid dienone is 1. The van der Waals surface area contributed by atoms with Crippen LogP contribution in [0.3, 0.4) is 0 Å². The molecule has 0 aliphatic carbocycles. The van der Waals surface area contributed by atoms with E-state index in [2.05, 4.69) is 39.2 Å². The van der Waals surface area contributed by atoms with Gasteiger partial charge in [-0.05, 0) is 31.2 Å². The van der Waals surface area contributed by atoms with E-state index < -0.39 is 0 Å². The molecule has 14 heavy (non-hydrogen) atoms. The molecular weight excluding hydrogens is 170 g/mol. The molecule has 0 bridgehead atoms. The van der Waals surface area contributed by atoms with Crippen LogP contribution < -0.4 is 0 Å². The second kappa shape index (κ2) is 8.05. The zero-order chi connectivity index (χ0) is 11.0. The molecular formula is C13H27N. The highest BCUT2D eigenvalue weighted by atomic mass is 15.1. The number of hydrogen-bond donors (Lipinski definition) is 0. The Kier molecular flexibility index (Phi) is 7.87. The van der Waals surface area contributed by atoms with Crippen molar-refractivity contribution in [2.45, 2.75) is 40.5 Å². The molecule has 0 radical (unpaired) electrons. The van der Waals surface area contributed by atoms with Gasteiger partial charge in [0.25, 0.3) is 0 Å². The summed E-state index contributed by atoms with van der Waals surface area (Å²) in [5, 5.41) is 0. The van der Waals surface area contributed by atoms with Crippen LogP contribution in [0.2, 0.25) is 0 Å². The predicted molar refractivity (Wildman–Crippen MR) is 65.5 cm³/mol. The Morgan fingerprint density at radius 3 is 1.93 bits per heavy atom. The van der Waals surface area contributed by atoms with Crippen LogP contribution in [0.4, 0.5) is 0 Å². The predicted octanol–water partition coefficient (Wildman–Crippen LogP) is 3.57. The van der Waals surface area contributed by atoms with E-state index in [1.165, 1.54) is 26.1 Å². The molecule has 0 atom stereocenters. The van der Waals surface area contributed by atoms with Gasteiger partial charge < -0.3 is 4.90 Å². The van der Waals surface area contributed by atoms with Gasteiger partial charge in [-0.2, -0.15) is 0 Å². The molecule has 0 fully saturated rings. The highest BCUT2D eigenvalue weighted by Crippen LogP contribution is 2.05. The first-order chi connectivity index (χ1) is 6.56. The maximum absolute atomic E-state index is 3.76. The standard InChI is InChI=1S/C13H27N/c1-6-7-8-9-14(10-12(2)3)11-13(4)5/h6,12-13H,1,7-11H2,2-5H3. The second-order valence-corrected chi connectivity index (χ2v) is 4.98. The minimum absolute atomic E-state index is 0.775. The van der Waals surface area contributed by atoms with E-state index in [9.17, 15) is 0 Å². The van der Waals surface area contributed by atoms with E-state index in [4.69, 9.17) is 0 Å². The summed E-state index contributed by atoms with van der Waals surface area (Å²) in [6.45, 7) is 16.6. The molecule has 0 rings (SSSR count). The van der Waals surface area contributed by atoms with Gasteiger partial charge in [-0.25, -0.2) is 0 Å². The average Bonchev–Trinajstić information content (AvgIpc) is 2.02. The summed E-state index contributed by atoms with van der Waals surface area (Å²) in [6, 6.07) is 0. The van der Waals surface area contributed by atoms with E-state index in [1.807, 2.05) is 6.08 Å². The quantitative estimate of drug-likeness (QED) is 0.425. The minimum atomic E-state index is 0.775. The van der Waals surface area contributed by atoms with Crippen molar-refractivity contribution in [1.29, 1.82) is 0 Å². The number of rotatable bonds is 8. The summed E-state index contributed by atoms with van der Waals surface area (Å²) in [5.41, 5.74) is 0. The molecule has 0 spiro atoms. The van der Waals surface area contributed by atoms with E-state index in [-0.39, 0.29) is 0 Å². The van der Waals surface area contributed by atoms with Crippen molar-refractivity contribution < 1.29 is 0 Å².